The van der Waals surface area contributed by atoms with Gasteiger partial charge in [-0.05, 0) is 41.8 Å². The zero-order valence-electron chi connectivity index (χ0n) is 13.1. The standard InChI is InChI=1S/C18H11ClF2N2O2S/c19-15-13(20)7-6-12(16(15)21)17(24)22-10-3-1-4-11(9-10)23-18(25)14-5-2-8-26-14/h1-9H,(H,22,24)(H,23,25). The minimum absolute atomic E-state index is 0.278. The Hall–Kier alpha value is -2.77. The molecule has 0 atom stereocenters. The van der Waals surface area contributed by atoms with Crippen LogP contribution in [-0.4, -0.2) is 11.8 Å². The van der Waals surface area contributed by atoms with Crippen molar-refractivity contribution >= 4 is 46.1 Å². The molecule has 132 valence electrons. The van der Waals surface area contributed by atoms with Crippen LogP contribution in [0.1, 0.15) is 20.0 Å². The van der Waals surface area contributed by atoms with Crippen molar-refractivity contribution in [3.05, 3.63) is 81.0 Å². The highest BCUT2D eigenvalue weighted by Crippen LogP contribution is 2.23. The van der Waals surface area contributed by atoms with Crippen molar-refractivity contribution in [1.82, 2.24) is 0 Å². The number of nitrogens with one attached hydrogen (secondary N) is 2. The van der Waals surface area contributed by atoms with Crippen LogP contribution in [0, 0.1) is 11.6 Å². The molecule has 0 saturated carbocycles. The van der Waals surface area contributed by atoms with E-state index in [0.29, 0.717) is 16.3 Å². The summed E-state index contributed by atoms with van der Waals surface area (Å²) in [5, 5.41) is 6.23. The Bertz CT molecular complexity index is 977. The van der Waals surface area contributed by atoms with Crippen LogP contribution in [0.15, 0.2) is 53.9 Å². The van der Waals surface area contributed by atoms with Gasteiger partial charge in [-0.15, -0.1) is 11.3 Å². The Morgan fingerprint density at radius 1 is 0.923 bits per heavy atom. The first-order chi connectivity index (χ1) is 12.5. The average Bonchev–Trinajstić information content (AvgIpc) is 3.15. The van der Waals surface area contributed by atoms with Crippen LogP contribution in [0.4, 0.5) is 20.2 Å². The Balaban J connectivity index is 1.75. The lowest BCUT2D eigenvalue weighted by atomic mass is 10.2. The summed E-state index contributed by atoms with van der Waals surface area (Å²) < 4.78 is 27.1. The van der Waals surface area contributed by atoms with Gasteiger partial charge in [0.2, 0.25) is 0 Å². The van der Waals surface area contributed by atoms with Gasteiger partial charge in [0.15, 0.2) is 5.82 Å². The summed E-state index contributed by atoms with van der Waals surface area (Å²) in [5.74, 6) is -3.14. The first-order valence-electron chi connectivity index (χ1n) is 7.35. The zero-order valence-corrected chi connectivity index (χ0v) is 14.6. The molecule has 0 radical (unpaired) electrons. The number of hydrogen-bond donors (Lipinski definition) is 2. The molecule has 0 aliphatic heterocycles. The van der Waals surface area contributed by atoms with Crippen molar-refractivity contribution in [2.45, 2.75) is 0 Å². The largest absolute Gasteiger partial charge is 0.322 e. The molecule has 1 heterocycles. The molecule has 0 aliphatic rings. The summed E-state index contributed by atoms with van der Waals surface area (Å²) in [6.07, 6.45) is 0. The number of thiophene rings is 1. The van der Waals surface area contributed by atoms with Crippen LogP contribution in [0.2, 0.25) is 5.02 Å². The maximum absolute atomic E-state index is 13.9. The number of amides is 2. The van der Waals surface area contributed by atoms with E-state index in [-0.39, 0.29) is 11.5 Å². The van der Waals surface area contributed by atoms with Gasteiger partial charge in [0.25, 0.3) is 11.8 Å². The molecule has 4 nitrogen and oxygen atoms in total. The fourth-order valence-electron chi connectivity index (χ4n) is 2.17. The van der Waals surface area contributed by atoms with Crippen LogP contribution >= 0.6 is 22.9 Å². The van der Waals surface area contributed by atoms with E-state index in [1.165, 1.54) is 17.4 Å². The van der Waals surface area contributed by atoms with Crippen LogP contribution in [-0.2, 0) is 0 Å². The second kappa shape index (κ2) is 7.63. The van der Waals surface area contributed by atoms with Gasteiger partial charge >= 0.3 is 0 Å². The minimum atomic E-state index is -1.13. The number of carbonyl (C=O) groups is 2. The fourth-order valence-corrected chi connectivity index (χ4v) is 2.96. The highest BCUT2D eigenvalue weighted by Gasteiger charge is 2.17. The molecule has 0 bridgehead atoms. The van der Waals surface area contributed by atoms with Gasteiger partial charge in [0, 0.05) is 11.4 Å². The molecule has 3 aromatic rings. The van der Waals surface area contributed by atoms with E-state index in [0.717, 1.165) is 12.1 Å². The van der Waals surface area contributed by atoms with Gasteiger partial charge in [-0.25, -0.2) is 8.78 Å². The molecule has 0 fully saturated rings. The van der Waals surface area contributed by atoms with Gasteiger partial charge in [0.05, 0.1) is 10.4 Å². The molecule has 8 heteroatoms. The van der Waals surface area contributed by atoms with Gasteiger partial charge in [-0.2, -0.15) is 0 Å². The predicted octanol–water partition coefficient (Wildman–Crippen LogP) is 5.18. The number of benzene rings is 2. The van der Waals surface area contributed by atoms with Crippen LogP contribution in [0.5, 0.6) is 0 Å². The fraction of sp³-hybridized carbons (Fsp3) is 0. The Morgan fingerprint density at radius 3 is 2.27 bits per heavy atom. The van der Waals surface area contributed by atoms with Crippen molar-refractivity contribution in [3.63, 3.8) is 0 Å². The maximum atomic E-state index is 13.9. The van der Waals surface area contributed by atoms with Crippen molar-refractivity contribution in [1.29, 1.82) is 0 Å². The smallest absolute Gasteiger partial charge is 0.265 e. The molecule has 0 saturated heterocycles. The van der Waals surface area contributed by atoms with Crippen molar-refractivity contribution in [2.75, 3.05) is 10.6 Å². The Labute approximate surface area is 156 Å². The summed E-state index contributed by atoms with van der Waals surface area (Å²) in [7, 11) is 0. The Kier molecular flexibility index (Phi) is 5.29. The molecular formula is C18H11ClF2N2O2S. The average molecular weight is 393 g/mol. The molecule has 26 heavy (non-hydrogen) atoms. The summed E-state index contributed by atoms with van der Waals surface area (Å²) in [6.45, 7) is 0. The van der Waals surface area contributed by atoms with E-state index in [2.05, 4.69) is 10.6 Å². The molecule has 3 rings (SSSR count). The molecule has 0 unspecified atom stereocenters. The summed E-state index contributed by atoms with van der Waals surface area (Å²) in [4.78, 5) is 24.8. The number of hydrogen-bond acceptors (Lipinski definition) is 3. The van der Waals surface area contributed by atoms with Gasteiger partial charge < -0.3 is 10.6 Å². The maximum Gasteiger partial charge on any atom is 0.265 e. The van der Waals surface area contributed by atoms with Gasteiger partial charge in [-0.1, -0.05) is 23.7 Å². The first kappa shape index (κ1) is 18.0. The first-order valence-corrected chi connectivity index (χ1v) is 8.61. The third-order valence-corrected chi connectivity index (χ3v) is 4.62. The van der Waals surface area contributed by atoms with Crippen molar-refractivity contribution in [3.8, 4) is 0 Å². The number of carbonyl (C=O) groups excluding carboxylic acids is 2. The molecule has 2 aromatic carbocycles. The Morgan fingerprint density at radius 2 is 1.62 bits per heavy atom. The lowest BCUT2D eigenvalue weighted by Gasteiger charge is -2.09. The highest BCUT2D eigenvalue weighted by molar-refractivity contribution is 7.12. The van der Waals surface area contributed by atoms with Gasteiger partial charge in [0.1, 0.15) is 10.8 Å². The monoisotopic (exact) mass is 392 g/mol. The van der Waals surface area contributed by atoms with E-state index in [4.69, 9.17) is 11.6 Å². The van der Waals surface area contributed by atoms with E-state index in [1.807, 2.05) is 0 Å². The minimum Gasteiger partial charge on any atom is -0.322 e. The lowest BCUT2D eigenvalue weighted by molar-refractivity contribution is 0.101. The van der Waals surface area contributed by atoms with Gasteiger partial charge in [-0.3, -0.25) is 9.59 Å². The van der Waals surface area contributed by atoms with Crippen molar-refractivity contribution in [2.24, 2.45) is 0 Å². The molecule has 1 aromatic heterocycles. The summed E-state index contributed by atoms with van der Waals surface area (Å²) in [6, 6.07) is 11.7. The van der Waals surface area contributed by atoms with E-state index >= 15 is 0 Å². The third kappa shape index (κ3) is 3.89. The normalized spacial score (nSPS) is 10.4. The number of halogens is 3. The third-order valence-electron chi connectivity index (χ3n) is 3.40. The predicted molar refractivity (Wildman–Crippen MR) is 98.0 cm³/mol. The molecule has 2 amide bonds. The molecular weight excluding hydrogens is 382 g/mol. The van der Waals surface area contributed by atoms with E-state index in [1.54, 1.807) is 35.7 Å². The molecule has 2 N–H and O–H groups in total. The lowest BCUT2D eigenvalue weighted by Crippen LogP contribution is -2.15. The van der Waals surface area contributed by atoms with Crippen LogP contribution in [0.3, 0.4) is 0 Å². The molecule has 0 aliphatic carbocycles. The van der Waals surface area contributed by atoms with Crippen molar-refractivity contribution < 1.29 is 18.4 Å². The number of anilines is 2. The summed E-state index contributed by atoms with van der Waals surface area (Å²) in [5.41, 5.74) is 0.405. The molecule has 0 spiro atoms. The topological polar surface area (TPSA) is 58.2 Å². The van der Waals surface area contributed by atoms with E-state index < -0.39 is 22.6 Å². The van der Waals surface area contributed by atoms with Crippen LogP contribution in [0.25, 0.3) is 0 Å². The van der Waals surface area contributed by atoms with E-state index in [9.17, 15) is 18.4 Å². The quantitative estimate of drug-likeness (QED) is 0.601. The summed E-state index contributed by atoms with van der Waals surface area (Å²) >= 11 is 6.78. The van der Waals surface area contributed by atoms with Crippen LogP contribution < -0.4 is 10.6 Å². The second-order valence-electron chi connectivity index (χ2n) is 5.19. The number of rotatable bonds is 4. The second-order valence-corrected chi connectivity index (χ2v) is 6.51. The zero-order chi connectivity index (χ0) is 18.7. The highest BCUT2D eigenvalue weighted by atomic mass is 35.5. The SMILES string of the molecule is O=C(Nc1cccc(NC(=O)c2ccc(F)c(Cl)c2F)c1)c1cccs1.